The number of phenolic OH excluding ortho intramolecular Hbond substituents is 1. The summed E-state index contributed by atoms with van der Waals surface area (Å²) in [6, 6.07) is 16.1. The molecule has 3 rings (SSSR count). The smallest absolute Gasteiger partial charge is 0.122 e. The van der Waals surface area contributed by atoms with Gasteiger partial charge in [-0.1, -0.05) is 86.7 Å². The molecule has 1 unspecified atom stereocenters. The molecule has 140 valence electrons. The molecule has 0 spiro atoms. The Hall–Kier alpha value is -2.74. The van der Waals surface area contributed by atoms with Gasteiger partial charge in [-0.25, -0.2) is 0 Å². The maximum Gasteiger partial charge on any atom is 0.122 e. The van der Waals surface area contributed by atoms with Gasteiger partial charge in [-0.3, -0.25) is 0 Å². The number of hydrogen-bond donors (Lipinski definition) is 1. The van der Waals surface area contributed by atoms with E-state index in [9.17, 15) is 5.11 Å². The number of likely N-dealkylation sites (N-methyl/N-ethyl adjacent to an activating group) is 1. The van der Waals surface area contributed by atoms with Crippen LogP contribution in [0, 0.1) is 0 Å². The fraction of sp³-hybridized carbons (Fsp3) is 0.280. The molecule has 0 saturated carbocycles. The standard InChI is InChI=1S/C25H29NO/c1-5-6-7-12-18-25(19-17-20-13-8-11-16-23(20)27)24(2,3)21-14-9-10-15-22(21)26(25)4/h5-17,19,27H,18H2,1-4H3/b6-5-,12-7-,19-17+. The van der Waals surface area contributed by atoms with Gasteiger partial charge in [0.1, 0.15) is 5.75 Å². The average Bonchev–Trinajstić information content (AvgIpc) is 2.83. The second-order valence-electron chi connectivity index (χ2n) is 7.68. The molecule has 1 N–H and O–H groups in total. The number of nitrogens with zero attached hydrogens (tertiary/aromatic N) is 1. The summed E-state index contributed by atoms with van der Waals surface area (Å²) in [5.41, 5.74) is 3.16. The normalized spacial score (nSPS) is 21.6. The van der Waals surface area contributed by atoms with Crippen molar-refractivity contribution in [3.8, 4) is 5.75 Å². The van der Waals surface area contributed by atoms with Crippen LogP contribution < -0.4 is 4.90 Å². The highest BCUT2D eigenvalue weighted by Crippen LogP contribution is 2.53. The van der Waals surface area contributed by atoms with Crippen LogP contribution in [0.2, 0.25) is 0 Å². The molecule has 1 aliphatic heterocycles. The molecular weight excluding hydrogens is 330 g/mol. The first-order chi connectivity index (χ1) is 12.9. The Morgan fingerprint density at radius 1 is 1.00 bits per heavy atom. The Morgan fingerprint density at radius 2 is 1.70 bits per heavy atom. The number of aromatic hydroxyl groups is 1. The van der Waals surface area contributed by atoms with Crippen LogP contribution in [0.3, 0.4) is 0 Å². The molecule has 1 atom stereocenters. The molecule has 0 amide bonds. The molecule has 0 aliphatic carbocycles. The minimum Gasteiger partial charge on any atom is -0.507 e. The van der Waals surface area contributed by atoms with Gasteiger partial charge in [-0.05, 0) is 31.0 Å². The maximum absolute atomic E-state index is 10.2. The van der Waals surface area contributed by atoms with E-state index >= 15 is 0 Å². The first-order valence-corrected chi connectivity index (χ1v) is 9.52. The molecule has 0 aromatic heterocycles. The summed E-state index contributed by atoms with van der Waals surface area (Å²) in [5.74, 6) is 0.310. The molecule has 2 nitrogen and oxygen atoms in total. The Kier molecular flexibility index (Phi) is 5.27. The van der Waals surface area contributed by atoms with E-state index in [1.807, 2.05) is 31.2 Å². The van der Waals surface area contributed by atoms with Crippen molar-refractivity contribution in [3.63, 3.8) is 0 Å². The number of allylic oxidation sites excluding steroid dienone is 3. The first kappa shape index (κ1) is 19.0. The predicted molar refractivity (Wildman–Crippen MR) is 116 cm³/mol. The number of anilines is 1. The van der Waals surface area contributed by atoms with Crippen LogP contribution in [0.5, 0.6) is 5.75 Å². The molecule has 0 saturated heterocycles. The Bertz CT molecular complexity index is 891. The van der Waals surface area contributed by atoms with Gasteiger partial charge in [-0.15, -0.1) is 0 Å². The van der Waals surface area contributed by atoms with E-state index < -0.39 is 0 Å². The lowest BCUT2D eigenvalue weighted by Gasteiger charge is -2.44. The van der Waals surface area contributed by atoms with Crippen LogP contribution in [0.4, 0.5) is 5.69 Å². The van der Waals surface area contributed by atoms with Gasteiger partial charge in [0.15, 0.2) is 0 Å². The van der Waals surface area contributed by atoms with Gasteiger partial charge in [0.25, 0.3) is 0 Å². The molecule has 0 bridgehead atoms. The SMILES string of the molecule is C/C=C\C=C/CC1(/C=C/c2ccccc2O)N(C)c2ccccc2C1(C)C. The van der Waals surface area contributed by atoms with E-state index in [-0.39, 0.29) is 11.0 Å². The van der Waals surface area contributed by atoms with E-state index in [4.69, 9.17) is 0 Å². The highest BCUT2D eigenvalue weighted by Gasteiger charge is 2.53. The molecule has 0 fully saturated rings. The molecule has 0 radical (unpaired) electrons. The quantitative estimate of drug-likeness (QED) is 0.653. The van der Waals surface area contributed by atoms with E-state index in [0.717, 1.165) is 12.0 Å². The summed E-state index contributed by atoms with van der Waals surface area (Å²) < 4.78 is 0. The molecule has 2 heteroatoms. The monoisotopic (exact) mass is 359 g/mol. The summed E-state index contributed by atoms with van der Waals surface area (Å²) in [7, 11) is 2.17. The van der Waals surface area contributed by atoms with Crippen molar-refractivity contribution in [1.29, 1.82) is 0 Å². The van der Waals surface area contributed by atoms with Gasteiger partial charge in [0, 0.05) is 23.7 Å². The highest BCUT2D eigenvalue weighted by atomic mass is 16.3. The summed E-state index contributed by atoms with van der Waals surface area (Å²) in [6.07, 6.45) is 13.7. The second-order valence-corrected chi connectivity index (χ2v) is 7.68. The van der Waals surface area contributed by atoms with Crippen molar-refractivity contribution in [2.24, 2.45) is 0 Å². The molecule has 1 heterocycles. The third-order valence-corrected chi connectivity index (χ3v) is 5.96. The zero-order valence-corrected chi connectivity index (χ0v) is 16.7. The zero-order chi connectivity index (χ0) is 19.5. The first-order valence-electron chi connectivity index (χ1n) is 9.52. The maximum atomic E-state index is 10.2. The number of benzene rings is 2. The minimum atomic E-state index is -0.225. The number of phenols is 1. The summed E-state index contributed by atoms with van der Waals surface area (Å²) in [6.45, 7) is 6.65. The van der Waals surface area contributed by atoms with Crippen molar-refractivity contribution < 1.29 is 5.11 Å². The third kappa shape index (κ3) is 3.21. The van der Waals surface area contributed by atoms with Crippen LogP contribution in [0.15, 0.2) is 78.9 Å². The van der Waals surface area contributed by atoms with Crippen LogP contribution in [0.1, 0.15) is 38.3 Å². The lowest BCUT2D eigenvalue weighted by Crippen LogP contribution is -2.52. The third-order valence-electron chi connectivity index (χ3n) is 5.96. The van der Waals surface area contributed by atoms with Gasteiger partial charge in [0.2, 0.25) is 0 Å². The van der Waals surface area contributed by atoms with Crippen LogP contribution in [-0.2, 0) is 5.41 Å². The second kappa shape index (κ2) is 7.48. The van der Waals surface area contributed by atoms with Gasteiger partial charge in [0.05, 0.1) is 5.54 Å². The van der Waals surface area contributed by atoms with Crippen molar-refractivity contribution in [2.75, 3.05) is 11.9 Å². The Morgan fingerprint density at radius 3 is 2.41 bits per heavy atom. The topological polar surface area (TPSA) is 23.5 Å². The number of rotatable bonds is 5. The molecule has 1 aliphatic rings. The van der Waals surface area contributed by atoms with Crippen molar-refractivity contribution in [2.45, 2.75) is 38.1 Å². The van der Waals surface area contributed by atoms with Crippen molar-refractivity contribution in [1.82, 2.24) is 0 Å². The molecule has 2 aromatic rings. The summed E-state index contributed by atoms with van der Waals surface area (Å²) in [4.78, 5) is 2.39. The number of fused-ring (bicyclic) bond motifs is 1. The van der Waals surface area contributed by atoms with Gasteiger partial charge < -0.3 is 10.0 Å². The Labute approximate surface area is 163 Å². The van der Waals surface area contributed by atoms with E-state index in [0.29, 0.717) is 5.75 Å². The number of para-hydroxylation sites is 2. The van der Waals surface area contributed by atoms with E-state index in [2.05, 4.69) is 80.4 Å². The van der Waals surface area contributed by atoms with Gasteiger partial charge in [-0.2, -0.15) is 0 Å². The van der Waals surface area contributed by atoms with Crippen molar-refractivity contribution in [3.05, 3.63) is 90.0 Å². The predicted octanol–water partition coefficient (Wildman–Crippen LogP) is 6.09. The Balaban J connectivity index is 2.10. The van der Waals surface area contributed by atoms with E-state index in [1.165, 1.54) is 11.3 Å². The fourth-order valence-corrected chi connectivity index (χ4v) is 4.24. The van der Waals surface area contributed by atoms with Crippen LogP contribution in [-0.4, -0.2) is 17.7 Å². The summed E-state index contributed by atoms with van der Waals surface area (Å²) in [5, 5.41) is 10.2. The average molecular weight is 360 g/mol. The number of hydrogen-bond acceptors (Lipinski definition) is 2. The van der Waals surface area contributed by atoms with Crippen LogP contribution >= 0.6 is 0 Å². The lowest BCUT2D eigenvalue weighted by molar-refractivity contribution is 0.337. The summed E-state index contributed by atoms with van der Waals surface area (Å²) >= 11 is 0. The zero-order valence-electron chi connectivity index (χ0n) is 16.7. The molecular formula is C25H29NO. The lowest BCUT2D eigenvalue weighted by atomic mass is 9.68. The van der Waals surface area contributed by atoms with Crippen LogP contribution in [0.25, 0.3) is 6.08 Å². The van der Waals surface area contributed by atoms with E-state index in [1.54, 1.807) is 6.07 Å². The fourth-order valence-electron chi connectivity index (χ4n) is 4.24. The van der Waals surface area contributed by atoms with Crippen molar-refractivity contribution >= 4 is 11.8 Å². The van der Waals surface area contributed by atoms with Gasteiger partial charge >= 0.3 is 0 Å². The largest absolute Gasteiger partial charge is 0.507 e. The molecule has 2 aromatic carbocycles. The highest BCUT2D eigenvalue weighted by molar-refractivity contribution is 5.70. The minimum absolute atomic E-state index is 0.0838. The molecule has 27 heavy (non-hydrogen) atoms.